The predicted octanol–water partition coefficient (Wildman–Crippen LogP) is 5.81. The van der Waals surface area contributed by atoms with Gasteiger partial charge in [0.1, 0.15) is 6.17 Å². The highest BCUT2D eigenvalue weighted by Gasteiger charge is 2.42. The first-order valence-electron chi connectivity index (χ1n) is 17.2. The summed E-state index contributed by atoms with van der Waals surface area (Å²) in [6.45, 7) is 23.6. The molecule has 272 valence electrons. The van der Waals surface area contributed by atoms with E-state index in [1.807, 2.05) is 12.2 Å². The Kier molecular flexibility index (Phi) is 23.9. The molecule has 2 unspecified atom stereocenters. The monoisotopic (exact) mass is 723 g/mol. The molecule has 1 saturated heterocycles. The Hall–Kier alpha value is -7.00. The molecule has 0 aromatic carbocycles. The molecule has 4 nitrogen and oxygen atoms in total. The largest absolute Gasteiger partial charge is 0.350 e. The number of carbonyl (C=O) groups is 1. The van der Waals surface area contributed by atoms with Crippen LogP contribution in [0, 0.1) is 165 Å². The zero-order valence-electron chi connectivity index (χ0n) is 31.8. The molecule has 1 rings (SSSR count). The lowest BCUT2D eigenvalue weighted by Gasteiger charge is -2.44. The summed E-state index contributed by atoms with van der Waals surface area (Å²) in [5.74, 6) is 59.0. The van der Waals surface area contributed by atoms with Gasteiger partial charge in [0.15, 0.2) is 6.29 Å². The van der Waals surface area contributed by atoms with E-state index in [9.17, 15) is 4.79 Å². The summed E-state index contributed by atoms with van der Waals surface area (Å²) in [4.78, 5) is 12.7. The van der Waals surface area contributed by atoms with Crippen molar-refractivity contribution >= 4 is 5.91 Å². The summed E-state index contributed by atoms with van der Waals surface area (Å²) in [7, 11) is 0. The van der Waals surface area contributed by atoms with Gasteiger partial charge in [-0.2, -0.15) is 0 Å². The van der Waals surface area contributed by atoms with Gasteiger partial charge in [0.05, 0.1) is 18.8 Å². The highest BCUT2D eigenvalue weighted by atomic mass is 19.1. The van der Waals surface area contributed by atoms with Gasteiger partial charge in [0.25, 0.3) is 5.91 Å². The molecule has 1 heterocycles. The molecule has 7 atom stereocenters. The quantitative estimate of drug-likeness (QED) is 0.193. The Morgan fingerprint density at radius 2 is 1.15 bits per heavy atom. The topological polar surface area (TPSA) is 47.6 Å². The fourth-order valence-corrected chi connectivity index (χ4v) is 4.90. The van der Waals surface area contributed by atoms with Gasteiger partial charge in [0.2, 0.25) is 0 Å². The van der Waals surface area contributed by atoms with Crippen molar-refractivity contribution in [1.82, 2.24) is 5.32 Å². The third-order valence-corrected chi connectivity index (χ3v) is 7.37. The van der Waals surface area contributed by atoms with E-state index in [1.165, 1.54) is 0 Å². The minimum Gasteiger partial charge on any atom is -0.350 e. The SMILES string of the molecule is C=CCC1O[C@@H](OC[C@H](NC(=O)C#CC#CC#CC#CC#CC#CC#CC#CC#CC#CC#CC#CC)[C@H](F)CCCC(C)(C)C)C(C=C)[C@@H](C=C)[C@H]1C=C. The van der Waals surface area contributed by atoms with E-state index in [0.717, 1.165) is 6.42 Å². The second-order valence-electron chi connectivity index (χ2n) is 12.5. The van der Waals surface area contributed by atoms with Crippen LogP contribution in [0.2, 0.25) is 0 Å². The third-order valence-electron chi connectivity index (χ3n) is 7.37. The van der Waals surface area contributed by atoms with Crippen LogP contribution in [-0.4, -0.2) is 37.1 Å². The van der Waals surface area contributed by atoms with Crippen molar-refractivity contribution < 1.29 is 18.7 Å². The molecule has 1 N–H and O–H groups in total. The van der Waals surface area contributed by atoms with Crippen molar-refractivity contribution in [2.45, 2.75) is 78.0 Å². The number of hydrogen-bond acceptors (Lipinski definition) is 3. The van der Waals surface area contributed by atoms with Gasteiger partial charge in [-0.1, -0.05) is 51.0 Å². The van der Waals surface area contributed by atoms with Crippen LogP contribution in [-0.2, 0) is 14.3 Å². The smallest absolute Gasteiger partial charge is 0.297 e. The summed E-state index contributed by atoms with van der Waals surface area (Å²) in [6, 6.07) is -0.981. The number of ether oxygens (including phenoxy) is 2. The highest BCUT2D eigenvalue weighted by Crippen LogP contribution is 2.39. The van der Waals surface area contributed by atoms with Crippen molar-refractivity contribution in [3.05, 3.63) is 50.6 Å². The molecule has 1 amide bonds. The molecule has 0 aromatic heterocycles. The zero-order chi connectivity index (χ0) is 40.6. The number of rotatable bonds is 13. The van der Waals surface area contributed by atoms with Gasteiger partial charge in [0, 0.05) is 53.3 Å². The van der Waals surface area contributed by atoms with Crippen molar-refractivity contribution in [2.24, 2.45) is 23.2 Å². The number of amides is 1. The Morgan fingerprint density at radius 3 is 1.55 bits per heavy atom. The summed E-state index contributed by atoms with van der Waals surface area (Å²) in [5, 5.41) is 2.65. The van der Waals surface area contributed by atoms with Gasteiger partial charge in [-0.05, 0) is 139 Å². The van der Waals surface area contributed by atoms with Gasteiger partial charge >= 0.3 is 0 Å². The van der Waals surface area contributed by atoms with E-state index >= 15 is 4.39 Å². The number of alkyl halides is 1. The maximum absolute atomic E-state index is 15.6. The lowest BCUT2D eigenvalue weighted by atomic mass is 9.75. The fourth-order valence-electron chi connectivity index (χ4n) is 4.90. The second-order valence-corrected chi connectivity index (χ2v) is 12.5. The molecule has 1 fully saturated rings. The lowest BCUT2D eigenvalue weighted by molar-refractivity contribution is -0.236. The Morgan fingerprint density at radius 1 is 0.709 bits per heavy atom. The molecule has 0 bridgehead atoms. The average Bonchev–Trinajstić information content (AvgIpc) is 3.15. The van der Waals surface area contributed by atoms with Crippen LogP contribution < -0.4 is 5.32 Å². The van der Waals surface area contributed by atoms with Crippen LogP contribution in [0.5, 0.6) is 0 Å². The van der Waals surface area contributed by atoms with Crippen LogP contribution in [0.1, 0.15) is 53.4 Å². The maximum Gasteiger partial charge on any atom is 0.297 e. The number of nitrogens with one attached hydrogen (secondary N) is 1. The molecule has 0 saturated carbocycles. The average molecular weight is 724 g/mol. The van der Waals surface area contributed by atoms with Gasteiger partial charge in [-0.15, -0.1) is 26.3 Å². The first kappa shape index (κ1) is 46.0. The number of carbonyl (C=O) groups excluding carboxylic acids is 1. The number of allylic oxidation sites excluding steroid dienone is 1. The molecule has 1 aliphatic rings. The summed E-state index contributed by atoms with van der Waals surface area (Å²) >= 11 is 0. The molecule has 55 heavy (non-hydrogen) atoms. The van der Waals surface area contributed by atoms with Crippen molar-refractivity contribution in [3.8, 4) is 142 Å². The van der Waals surface area contributed by atoms with E-state index in [1.54, 1.807) is 19.1 Å². The number of hydrogen-bond donors (Lipinski definition) is 1. The van der Waals surface area contributed by atoms with Crippen LogP contribution in [0.4, 0.5) is 4.39 Å². The van der Waals surface area contributed by atoms with Crippen molar-refractivity contribution in [3.63, 3.8) is 0 Å². The lowest BCUT2D eigenvalue weighted by Crippen LogP contribution is -2.50. The van der Waals surface area contributed by atoms with Crippen molar-refractivity contribution in [2.75, 3.05) is 6.61 Å². The van der Waals surface area contributed by atoms with Crippen LogP contribution in [0.25, 0.3) is 0 Å². The Bertz CT molecular complexity index is 2200. The molecule has 0 radical (unpaired) electrons. The second kappa shape index (κ2) is 28.6. The number of halogens is 1. The minimum atomic E-state index is -1.39. The van der Waals surface area contributed by atoms with Crippen LogP contribution >= 0.6 is 0 Å². The van der Waals surface area contributed by atoms with E-state index in [2.05, 4.69) is 194 Å². The van der Waals surface area contributed by atoms with Crippen LogP contribution in [0.15, 0.2) is 50.6 Å². The summed E-state index contributed by atoms with van der Waals surface area (Å²) in [5.41, 5.74) is 0.0474. The molecule has 0 aromatic rings. The third kappa shape index (κ3) is 21.2. The fraction of sp³-hybridized carbons (Fsp3) is 0.340. The van der Waals surface area contributed by atoms with Crippen molar-refractivity contribution in [1.29, 1.82) is 0 Å². The Labute approximate surface area is 329 Å². The highest BCUT2D eigenvalue weighted by molar-refractivity contribution is 5.94. The van der Waals surface area contributed by atoms with E-state index in [4.69, 9.17) is 9.47 Å². The standard InChI is InChI=1S/C50H42FNO3/c1-9-14-15-16-17-18-19-20-21-22-23-24-25-26-27-28-29-30-31-32-33-34-35-39-48(53)52-46(45(51)38-36-40-50(6,7)8)41-54-49-44(13-5)42(11-3)43(12-4)47(55-49)37-10-2/h10-13,42-47,49H,2-5,36-38,40-41H2,1,6-8H3,(H,52,53)/t42-,43+,44?,45+,46-,47?,49+/m0/s1. The summed E-state index contributed by atoms with van der Waals surface area (Å²) in [6.07, 6.45) is 7.08. The molecule has 1 aliphatic heterocycles. The summed E-state index contributed by atoms with van der Waals surface area (Å²) < 4.78 is 28.1. The van der Waals surface area contributed by atoms with E-state index in [0.29, 0.717) is 12.8 Å². The van der Waals surface area contributed by atoms with E-state index < -0.39 is 24.4 Å². The first-order chi connectivity index (χ1) is 26.6. The normalized spacial score (nSPS) is 17.7. The van der Waals surface area contributed by atoms with Gasteiger partial charge < -0.3 is 14.8 Å². The molecule has 0 spiro atoms. The van der Waals surface area contributed by atoms with Gasteiger partial charge in [-0.3, -0.25) is 4.79 Å². The zero-order valence-corrected chi connectivity index (χ0v) is 31.8. The molecule has 5 heteroatoms. The Balaban J connectivity index is 2.87. The minimum absolute atomic E-state index is 0.0301. The molecule has 0 aliphatic carbocycles. The van der Waals surface area contributed by atoms with E-state index in [-0.39, 0.29) is 42.3 Å². The van der Waals surface area contributed by atoms with Gasteiger partial charge in [-0.25, -0.2) is 4.39 Å². The molecular formula is C50H42FNO3. The molecular weight excluding hydrogens is 682 g/mol. The predicted molar refractivity (Wildman–Crippen MR) is 220 cm³/mol. The first-order valence-corrected chi connectivity index (χ1v) is 17.2. The maximum atomic E-state index is 15.6. The van der Waals surface area contributed by atoms with Crippen LogP contribution in [0.3, 0.4) is 0 Å².